The Morgan fingerprint density at radius 3 is 2.14 bits per heavy atom. The molecule has 124 valence electrons. The molecule has 0 aromatic rings. The van der Waals surface area contributed by atoms with Crippen LogP contribution in [0.25, 0.3) is 0 Å². The highest BCUT2D eigenvalue weighted by Gasteiger charge is 2.41. The lowest BCUT2D eigenvalue weighted by Gasteiger charge is -2.50. The highest BCUT2D eigenvalue weighted by atomic mass is 16.5. The molecule has 1 saturated heterocycles. The highest BCUT2D eigenvalue weighted by molar-refractivity contribution is 4.94. The van der Waals surface area contributed by atoms with Crippen molar-refractivity contribution in [3.8, 4) is 0 Å². The summed E-state index contributed by atoms with van der Waals surface area (Å²) in [5.41, 5.74) is 6.50. The second-order valence-corrected chi connectivity index (χ2v) is 8.82. The summed E-state index contributed by atoms with van der Waals surface area (Å²) in [5, 5.41) is 0. The number of piperidine rings is 1. The van der Waals surface area contributed by atoms with Crippen molar-refractivity contribution in [2.75, 3.05) is 26.2 Å². The van der Waals surface area contributed by atoms with Crippen molar-refractivity contribution in [3.05, 3.63) is 0 Å². The summed E-state index contributed by atoms with van der Waals surface area (Å²) in [5.74, 6) is 0. The van der Waals surface area contributed by atoms with E-state index in [1.807, 2.05) is 0 Å². The molecule has 2 N–H and O–H groups in total. The van der Waals surface area contributed by atoms with Crippen LogP contribution >= 0.6 is 0 Å². The fourth-order valence-corrected chi connectivity index (χ4v) is 4.79. The maximum absolute atomic E-state index is 5.93. The predicted octanol–water partition coefficient (Wildman–Crippen LogP) is 3.42. The van der Waals surface area contributed by atoms with Crippen LogP contribution < -0.4 is 5.73 Å². The molecule has 2 fully saturated rings. The van der Waals surface area contributed by atoms with Crippen LogP contribution in [0.3, 0.4) is 0 Å². The molecule has 0 aromatic carbocycles. The molecule has 21 heavy (non-hydrogen) atoms. The van der Waals surface area contributed by atoms with Crippen LogP contribution in [0.2, 0.25) is 0 Å². The second-order valence-electron chi connectivity index (χ2n) is 8.82. The number of nitrogens with two attached hydrogens (primary N) is 1. The van der Waals surface area contributed by atoms with Crippen LogP contribution in [0, 0.1) is 10.8 Å². The van der Waals surface area contributed by atoms with Gasteiger partial charge in [0.05, 0.1) is 6.10 Å². The molecular formula is C18H36N2O. The third-order valence-corrected chi connectivity index (χ3v) is 5.23. The van der Waals surface area contributed by atoms with Gasteiger partial charge in [-0.3, -0.25) is 0 Å². The van der Waals surface area contributed by atoms with Gasteiger partial charge in [0.1, 0.15) is 0 Å². The van der Waals surface area contributed by atoms with Gasteiger partial charge in [-0.25, -0.2) is 0 Å². The third kappa shape index (κ3) is 5.22. The number of ether oxygens (including phenoxy) is 1. The van der Waals surface area contributed by atoms with E-state index in [4.69, 9.17) is 10.5 Å². The van der Waals surface area contributed by atoms with Crippen LogP contribution in [0.5, 0.6) is 0 Å². The van der Waals surface area contributed by atoms with Crippen LogP contribution in [-0.2, 0) is 4.74 Å². The lowest BCUT2D eigenvalue weighted by atomic mass is 9.63. The molecule has 0 spiro atoms. The lowest BCUT2D eigenvalue weighted by molar-refractivity contribution is -0.0298. The van der Waals surface area contributed by atoms with E-state index in [1.165, 1.54) is 45.2 Å². The summed E-state index contributed by atoms with van der Waals surface area (Å²) >= 11 is 0. The minimum Gasteiger partial charge on any atom is -0.378 e. The summed E-state index contributed by atoms with van der Waals surface area (Å²) in [6.45, 7) is 13.8. The first kappa shape index (κ1) is 17.2. The summed E-state index contributed by atoms with van der Waals surface area (Å²) < 4.78 is 5.93. The van der Waals surface area contributed by atoms with Crippen molar-refractivity contribution in [2.45, 2.75) is 78.4 Å². The summed E-state index contributed by atoms with van der Waals surface area (Å²) in [7, 11) is 0. The minimum absolute atomic E-state index is 0.470. The zero-order valence-corrected chi connectivity index (χ0v) is 14.7. The summed E-state index contributed by atoms with van der Waals surface area (Å²) in [4.78, 5) is 2.74. The van der Waals surface area contributed by atoms with Crippen molar-refractivity contribution >= 4 is 0 Å². The number of rotatable bonds is 5. The maximum Gasteiger partial charge on any atom is 0.0599 e. The molecule has 0 radical (unpaired) electrons. The van der Waals surface area contributed by atoms with Gasteiger partial charge in [-0.2, -0.15) is 0 Å². The molecule has 1 saturated carbocycles. The molecule has 3 heteroatoms. The van der Waals surface area contributed by atoms with Crippen LogP contribution in [0.15, 0.2) is 0 Å². The maximum atomic E-state index is 5.93. The second kappa shape index (κ2) is 6.97. The first-order valence-electron chi connectivity index (χ1n) is 8.87. The van der Waals surface area contributed by atoms with E-state index in [2.05, 4.69) is 32.6 Å². The molecule has 0 amide bonds. The zero-order valence-electron chi connectivity index (χ0n) is 14.7. The smallest absolute Gasteiger partial charge is 0.0599 e. The van der Waals surface area contributed by atoms with Gasteiger partial charge in [-0.15, -0.1) is 0 Å². The average Bonchev–Trinajstić information content (AvgIpc) is 2.36. The molecule has 1 aliphatic heterocycles. The molecule has 0 bridgehead atoms. The first-order chi connectivity index (χ1) is 9.81. The van der Waals surface area contributed by atoms with Crippen molar-refractivity contribution in [3.63, 3.8) is 0 Å². The van der Waals surface area contributed by atoms with Crippen LogP contribution in [0.1, 0.15) is 66.2 Å². The Balaban J connectivity index is 1.81. The summed E-state index contributed by atoms with van der Waals surface area (Å²) in [6.07, 6.45) is 7.92. The monoisotopic (exact) mass is 296 g/mol. The van der Waals surface area contributed by atoms with E-state index in [-0.39, 0.29) is 0 Å². The van der Waals surface area contributed by atoms with E-state index in [9.17, 15) is 0 Å². The summed E-state index contributed by atoms with van der Waals surface area (Å²) in [6, 6.07) is 0.772. The molecule has 1 heterocycles. The Kier molecular flexibility index (Phi) is 5.72. The molecule has 0 atom stereocenters. The molecule has 0 aromatic heterocycles. The highest BCUT2D eigenvalue weighted by Crippen LogP contribution is 2.47. The Bertz CT molecular complexity index is 303. The van der Waals surface area contributed by atoms with Gasteiger partial charge in [0.15, 0.2) is 0 Å². The van der Waals surface area contributed by atoms with E-state index in [0.717, 1.165) is 25.6 Å². The van der Waals surface area contributed by atoms with Crippen molar-refractivity contribution in [1.82, 2.24) is 4.90 Å². The third-order valence-electron chi connectivity index (χ3n) is 5.23. The quantitative estimate of drug-likeness (QED) is 0.790. The number of nitrogens with zero attached hydrogens (tertiary/aromatic N) is 1. The van der Waals surface area contributed by atoms with Gasteiger partial charge in [0, 0.05) is 25.7 Å². The largest absolute Gasteiger partial charge is 0.378 e. The van der Waals surface area contributed by atoms with Gasteiger partial charge < -0.3 is 15.4 Å². The van der Waals surface area contributed by atoms with Crippen LogP contribution in [-0.4, -0.2) is 43.3 Å². The van der Waals surface area contributed by atoms with E-state index < -0.39 is 0 Å². The lowest BCUT2D eigenvalue weighted by Crippen LogP contribution is -2.49. The normalized spacial score (nSPS) is 27.9. The average molecular weight is 296 g/mol. The van der Waals surface area contributed by atoms with E-state index >= 15 is 0 Å². The molecule has 1 aliphatic carbocycles. The molecule has 2 rings (SSSR count). The SMILES string of the molecule is CC1(C)CC(N2CCC(OCCCN)CC2)CC(C)(C)C1. The van der Waals surface area contributed by atoms with Gasteiger partial charge >= 0.3 is 0 Å². The van der Waals surface area contributed by atoms with Gasteiger partial charge in [-0.05, 0) is 55.9 Å². The Labute approximate surface area is 131 Å². The predicted molar refractivity (Wildman–Crippen MR) is 89.4 cm³/mol. The fourth-order valence-electron chi connectivity index (χ4n) is 4.79. The van der Waals surface area contributed by atoms with E-state index in [1.54, 1.807) is 0 Å². The minimum atomic E-state index is 0.470. The van der Waals surface area contributed by atoms with Crippen molar-refractivity contribution in [1.29, 1.82) is 0 Å². The molecule has 3 nitrogen and oxygen atoms in total. The Morgan fingerprint density at radius 1 is 1.05 bits per heavy atom. The molecule has 2 aliphatic rings. The topological polar surface area (TPSA) is 38.5 Å². The van der Waals surface area contributed by atoms with Crippen molar-refractivity contribution in [2.24, 2.45) is 16.6 Å². The van der Waals surface area contributed by atoms with Gasteiger partial charge in [0.2, 0.25) is 0 Å². The molecular weight excluding hydrogens is 260 g/mol. The fraction of sp³-hybridized carbons (Fsp3) is 1.00. The van der Waals surface area contributed by atoms with Gasteiger partial charge in [0.25, 0.3) is 0 Å². The van der Waals surface area contributed by atoms with Gasteiger partial charge in [-0.1, -0.05) is 27.7 Å². The van der Waals surface area contributed by atoms with E-state index in [0.29, 0.717) is 16.9 Å². The standard InChI is InChI=1S/C18H36N2O/c1-17(2)12-15(13-18(3,4)14-17)20-9-6-16(7-10-20)21-11-5-8-19/h15-16H,5-14,19H2,1-4H3. The number of likely N-dealkylation sites (tertiary alicyclic amines) is 1. The molecule has 0 unspecified atom stereocenters. The number of hydrogen-bond acceptors (Lipinski definition) is 3. The Morgan fingerprint density at radius 2 is 1.62 bits per heavy atom. The van der Waals surface area contributed by atoms with Crippen LogP contribution in [0.4, 0.5) is 0 Å². The Hall–Kier alpha value is -0.120. The zero-order chi connectivity index (χ0) is 15.5. The van der Waals surface area contributed by atoms with Crippen molar-refractivity contribution < 1.29 is 4.74 Å². The first-order valence-corrected chi connectivity index (χ1v) is 8.87. The number of hydrogen-bond donors (Lipinski definition) is 1.